The van der Waals surface area contributed by atoms with Gasteiger partial charge >= 0.3 is 5.97 Å². The first-order valence-corrected chi connectivity index (χ1v) is 7.62. The molecule has 1 aliphatic heterocycles. The average Bonchev–Trinajstić information content (AvgIpc) is 2.59. The number of amides is 1. The molecule has 0 bridgehead atoms. The molecule has 2 unspecified atom stereocenters. The molecule has 2 N–H and O–H groups in total. The lowest BCUT2D eigenvalue weighted by molar-refractivity contribution is -0.142. The fourth-order valence-electron chi connectivity index (χ4n) is 2.92. The number of carbonyl (C=O) groups is 2. The number of aliphatic carboxylic acids is 1. The monoisotopic (exact) mass is 314 g/mol. The summed E-state index contributed by atoms with van der Waals surface area (Å²) in [5, 5.41) is 13.7. The molecule has 2 atom stereocenters. The van der Waals surface area contributed by atoms with Gasteiger partial charge in [-0.3, -0.25) is 9.78 Å². The largest absolute Gasteiger partial charge is 0.480 e. The molecule has 3 rings (SSSR count). The average molecular weight is 314 g/mol. The number of carboxylic acids is 1. The minimum Gasteiger partial charge on any atom is -0.480 e. The van der Waals surface area contributed by atoms with E-state index < -0.39 is 17.9 Å². The van der Waals surface area contributed by atoms with Gasteiger partial charge in [0.1, 0.15) is 11.7 Å². The molecular formula is C17H18N2O4. The van der Waals surface area contributed by atoms with Crippen molar-refractivity contribution in [3.8, 4) is 0 Å². The SMILES string of the molecule is O=C(NC(C(=O)O)C1CCCOC1)c1nccc2ccccc12. The van der Waals surface area contributed by atoms with Crippen molar-refractivity contribution in [3.63, 3.8) is 0 Å². The normalized spacial score (nSPS) is 19.2. The van der Waals surface area contributed by atoms with Gasteiger partial charge in [0.15, 0.2) is 0 Å². The summed E-state index contributed by atoms with van der Waals surface area (Å²) < 4.78 is 5.34. The zero-order valence-electron chi connectivity index (χ0n) is 12.6. The van der Waals surface area contributed by atoms with E-state index in [0.717, 1.165) is 18.2 Å². The molecule has 1 aromatic heterocycles. The summed E-state index contributed by atoms with van der Waals surface area (Å²) in [6.07, 6.45) is 3.08. The number of ether oxygens (including phenoxy) is 1. The first-order valence-electron chi connectivity index (χ1n) is 7.62. The zero-order chi connectivity index (χ0) is 16.2. The third-order valence-corrected chi connectivity index (χ3v) is 4.11. The van der Waals surface area contributed by atoms with E-state index in [1.54, 1.807) is 12.3 Å². The van der Waals surface area contributed by atoms with Crippen LogP contribution in [0, 0.1) is 5.92 Å². The number of carboxylic acid groups (broad SMARTS) is 1. The van der Waals surface area contributed by atoms with Crippen molar-refractivity contribution in [3.05, 3.63) is 42.2 Å². The summed E-state index contributed by atoms with van der Waals surface area (Å²) in [6, 6.07) is 8.24. The van der Waals surface area contributed by atoms with Gasteiger partial charge in [-0.2, -0.15) is 0 Å². The van der Waals surface area contributed by atoms with Gasteiger partial charge in [0.25, 0.3) is 5.91 Å². The van der Waals surface area contributed by atoms with Gasteiger partial charge in [-0.05, 0) is 24.3 Å². The second-order valence-corrected chi connectivity index (χ2v) is 5.65. The summed E-state index contributed by atoms with van der Waals surface area (Å²) in [5.74, 6) is -1.74. The zero-order valence-corrected chi connectivity index (χ0v) is 12.6. The van der Waals surface area contributed by atoms with Crippen LogP contribution in [0.2, 0.25) is 0 Å². The standard InChI is InChI=1S/C17H18N2O4/c20-16(15-13-6-2-1-4-11(13)7-8-18-15)19-14(17(21)22)12-5-3-9-23-10-12/h1-2,4,6-8,12,14H,3,5,9-10H2,(H,19,20)(H,21,22). The van der Waals surface area contributed by atoms with Crippen LogP contribution in [0.5, 0.6) is 0 Å². The lowest BCUT2D eigenvalue weighted by Gasteiger charge is -2.28. The number of rotatable bonds is 4. The fourth-order valence-corrected chi connectivity index (χ4v) is 2.92. The second kappa shape index (κ2) is 6.75. The number of carbonyl (C=O) groups excluding carboxylic acids is 1. The molecule has 23 heavy (non-hydrogen) atoms. The van der Waals surface area contributed by atoms with E-state index in [-0.39, 0.29) is 11.6 Å². The number of nitrogens with one attached hydrogen (secondary N) is 1. The Bertz CT molecular complexity index is 720. The van der Waals surface area contributed by atoms with Crippen molar-refractivity contribution in [2.75, 3.05) is 13.2 Å². The summed E-state index contributed by atoms with van der Waals surface area (Å²) in [5.41, 5.74) is 0.242. The summed E-state index contributed by atoms with van der Waals surface area (Å²) >= 11 is 0. The number of fused-ring (bicyclic) bond motifs is 1. The Morgan fingerprint density at radius 3 is 2.87 bits per heavy atom. The topological polar surface area (TPSA) is 88.5 Å². The molecule has 120 valence electrons. The molecule has 0 saturated carbocycles. The van der Waals surface area contributed by atoms with E-state index in [4.69, 9.17) is 4.74 Å². The van der Waals surface area contributed by atoms with E-state index in [1.807, 2.05) is 24.3 Å². The number of benzene rings is 1. The molecule has 0 aliphatic carbocycles. The van der Waals surface area contributed by atoms with Crippen molar-refractivity contribution in [2.24, 2.45) is 5.92 Å². The highest BCUT2D eigenvalue weighted by atomic mass is 16.5. The number of nitrogens with zero attached hydrogens (tertiary/aromatic N) is 1. The van der Waals surface area contributed by atoms with Gasteiger partial charge in [0, 0.05) is 24.1 Å². The van der Waals surface area contributed by atoms with E-state index in [0.29, 0.717) is 18.6 Å². The number of hydrogen-bond acceptors (Lipinski definition) is 4. The minimum atomic E-state index is -1.05. The maximum atomic E-state index is 12.5. The first kappa shape index (κ1) is 15.4. The maximum absolute atomic E-state index is 12.5. The Morgan fingerprint density at radius 2 is 2.13 bits per heavy atom. The van der Waals surface area contributed by atoms with Crippen LogP contribution in [0.15, 0.2) is 36.5 Å². The predicted molar refractivity (Wildman–Crippen MR) is 84.2 cm³/mol. The van der Waals surface area contributed by atoms with E-state index in [2.05, 4.69) is 10.3 Å². The van der Waals surface area contributed by atoms with E-state index in [1.165, 1.54) is 0 Å². The van der Waals surface area contributed by atoms with Crippen LogP contribution in [-0.2, 0) is 9.53 Å². The molecule has 6 nitrogen and oxygen atoms in total. The molecule has 1 amide bonds. The Balaban J connectivity index is 1.84. The van der Waals surface area contributed by atoms with Crippen LogP contribution in [0.3, 0.4) is 0 Å². The number of aromatic nitrogens is 1. The van der Waals surface area contributed by atoms with Crippen LogP contribution in [0.25, 0.3) is 10.8 Å². The third kappa shape index (κ3) is 3.32. The highest BCUT2D eigenvalue weighted by Gasteiger charge is 2.32. The Kier molecular flexibility index (Phi) is 4.52. The highest BCUT2D eigenvalue weighted by Crippen LogP contribution is 2.20. The van der Waals surface area contributed by atoms with Crippen molar-refractivity contribution in [1.29, 1.82) is 0 Å². The lowest BCUT2D eigenvalue weighted by Crippen LogP contribution is -2.48. The molecule has 1 fully saturated rings. The molecule has 1 saturated heterocycles. The molecular weight excluding hydrogens is 296 g/mol. The number of hydrogen-bond donors (Lipinski definition) is 2. The van der Waals surface area contributed by atoms with E-state index in [9.17, 15) is 14.7 Å². The molecule has 1 aromatic carbocycles. The summed E-state index contributed by atoms with van der Waals surface area (Å²) in [4.78, 5) is 28.2. The quantitative estimate of drug-likeness (QED) is 0.899. The highest BCUT2D eigenvalue weighted by molar-refractivity contribution is 6.06. The molecule has 2 heterocycles. The third-order valence-electron chi connectivity index (χ3n) is 4.11. The van der Waals surface area contributed by atoms with Crippen LogP contribution in [-0.4, -0.2) is 41.2 Å². The molecule has 0 spiro atoms. The van der Waals surface area contributed by atoms with Crippen LogP contribution in [0.4, 0.5) is 0 Å². The van der Waals surface area contributed by atoms with Crippen molar-refractivity contribution in [1.82, 2.24) is 10.3 Å². The van der Waals surface area contributed by atoms with Crippen LogP contribution >= 0.6 is 0 Å². The van der Waals surface area contributed by atoms with Gasteiger partial charge in [-0.1, -0.05) is 24.3 Å². The molecule has 6 heteroatoms. The van der Waals surface area contributed by atoms with Crippen molar-refractivity contribution in [2.45, 2.75) is 18.9 Å². The smallest absolute Gasteiger partial charge is 0.326 e. The van der Waals surface area contributed by atoms with Crippen LogP contribution in [0.1, 0.15) is 23.3 Å². The van der Waals surface area contributed by atoms with E-state index >= 15 is 0 Å². The Morgan fingerprint density at radius 1 is 1.30 bits per heavy atom. The van der Waals surface area contributed by atoms with Gasteiger partial charge in [-0.25, -0.2) is 4.79 Å². The van der Waals surface area contributed by atoms with Crippen molar-refractivity contribution >= 4 is 22.6 Å². The number of pyridine rings is 1. The van der Waals surface area contributed by atoms with Crippen molar-refractivity contribution < 1.29 is 19.4 Å². The summed E-state index contributed by atoms with van der Waals surface area (Å²) in [7, 11) is 0. The molecule has 2 aromatic rings. The Labute approximate surface area is 133 Å². The maximum Gasteiger partial charge on any atom is 0.326 e. The molecule has 1 aliphatic rings. The van der Waals surface area contributed by atoms with Gasteiger partial charge in [0.2, 0.25) is 0 Å². The molecule has 0 radical (unpaired) electrons. The fraction of sp³-hybridized carbons (Fsp3) is 0.353. The van der Waals surface area contributed by atoms with Crippen LogP contribution < -0.4 is 5.32 Å². The van der Waals surface area contributed by atoms with Gasteiger partial charge in [-0.15, -0.1) is 0 Å². The summed E-state index contributed by atoms with van der Waals surface area (Å²) in [6.45, 7) is 0.988. The Hall–Kier alpha value is -2.47. The first-order chi connectivity index (χ1) is 11.2. The minimum absolute atomic E-state index is 0.222. The van der Waals surface area contributed by atoms with Gasteiger partial charge < -0.3 is 15.2 Å². The second-order valence-electron chi connectivity index (χ2n) is 5.65. The lowest BCUT2D eigenvalue weighted by atomic mass is 9.93. The predicted octanol–water partition coefficient (Wildman–Crippen LogP) is 1.84. The van der Waals surface area contributed by atoms with Gasteiger partial charge in [0.05, 0.1) is 6.61 Å².